The molecule has 1 aliphatic heterocycles. The number of carboxylic acids is 1. The summed E-state index contributed by atoms with van der Waals surface area (Å²) >= 11 is 0. The molecule has 5 nitrogen and oxygen atoms in total. The van der Waals surface area contributed by atoms with Crippen LogP contribution in [0.2, 0.25) is 0 Å². The van der Waals surface area contributed by atoms with E-state index in [1.807, 2.05) is 20.8 Å². The number of carbonyl (C=O) groups is 2. The number of carbonyl (C=O) groups excluding carboxylic acids is 1. The molecule has 3 rings (SSSR count). The van der Waals surface area contributed by atoms with E-state index in [4.69, 9.17) is 0 Å². The Bertz CT molecular complexity index is 606. The lowest BCUT2D eigenvalue weighted by Crippen LogP contribution is -2.43. The van der Waals surface area contributed by atoms with E-state index in [1.165, 1.54) is 0 Å². The van der Waals surface area contributed by atoms with Gasteiger partial charge in [0.05, 0.1) is 0 Å². The molecule has 1 N–H and O–H groups in total. The Kier molecular flexibility index (Phi) is 3.04. The van der Waals surface area contributed by atoms with Crippen molar-refractivity contribution in [2.75, 3.05) is 0 Å². The second kappa shape index (κ2) is 4.55. The van der Waals surface area contributed by atoms with Gasteiger partial charge in [0.2, 0.25) is 0 Å². The second-order valence-corrected chi connectivity index (χ2v) is 7.05. The minimum atomic E-state index is -0.902. The van der Waals surface area contributed by atoms with Crippen LogP contribution in [-0.2, 0) is 10.2 Å². The summed E-state index contributed by atoms with van der Waals surface area (Å²) in [6.45, 7) is 6.11. The molecule has 21 heavy (non-hydrogen) atoms. The molecule has 0 aromatic carbocycles. The molecule has 2 fully saturated rings. The molecule has 112 valence electrons. The number of hydrogen-bond acceptors (Lipinski definition) is 3. The van der Waals surface area contributed by atoms with Crippen LogP contribution in [0.25, 0.3) is 0 Å². The van der Waals surface area contributed by atoms with Gasteiger partial charge in [0, 0.05) is 28.9 Å². The van der Waals surface area contributed by atoms with Gasteiger partial charge in [0.25, 0.3) is 5.91 Å². The SMILES string of the molecule is CC(C)(C)c1cc(C(=O)N2[C@@H](C(=O)O)C[C@H]3C[C@H]32)ccn1. The molecule has 1 saturated heterocycles. The summed E-state index contributed by atoms with van der Waals surface area (Å²) in [6, 6.07) is 2.90. The third kappa shape index (κ3) is 2.41. The van der Waals surface area contributed by atoms with Gasteiger partial charge in [-0.3, -0.25) is 9.78 Å². The molecule has 0 unspecified atom stereocenters. The molecule has 1 aromatic rings. The van der Waals surface area contributed by atoms with E-state index in [9.17, 15) is 14.7 Å². The van der Waals surface area contributed by atoms with Crippen molar-refractivity contribution in [3.63, 3.8) is 0 Å². The van der Waals surface area contributed by atoms with E-state index in [2.05, 4.69) is 4.98 Å². The van der Waals surface area contributed by atoms with Crippen molar-refractivity contribution in [1.82, 2.24) is 9.88 Å². The van der Waals surface area contributed by atoms with Crippen LogP contribution in [0, 0.1) is 5.92 Å². The Morgan fingerprint density at radius 3 is 2.67 bits per heavy atom. The Hall–Kier alpha value is -1.91. The molecule has 0 radical (unpaired) electrons. The average molecular weight is 288 g/mol. The molecular weight excluding hydrogens is 268 g/mol. The molecule has 1 amide bonds. The van der Waals surface area contributed by atoms with E-state index in [1.54, 1.807) is 23.2 Å². The minimum Gasteiger partial charge on any atom is -0.480 e. The van der Waals surface area contributed by atoms with Crippen molar-refractivity contribution in [1.29, 1.82) is 0 Å². The number of nitrogens with zero attached hydrogens (tertiary/aromatic N) is 2. The highest BCUT2D eigenvalue weighted by Crippen LogP contribution is 2.48. The van der Waals surface area contributed by atoms with Crippen LogP contribution in [0.5, 0.6) is 0 Å². The molecule has 5 heteroatoms. The van der Waals surface area contributed by atoms with Gasteiger partial charge in [-0.05, 0) is 30.9 Å². The number of likely N-dealkylation sites (tertiary alicyclic amines) is 1. The number of amides is 1. The number of piperidine rings is 1. The fraction of sp³-hybridized carbons (Fsp3) is 0.562. The second-order valence-electron chi connectivity index (χ2n) is 7.05. The molecule has 1 saturated carbocycles. The average Bonchev–Trinajstić information content (AvgIpc) is 3.08. The van der Waals surface area contributed by atoms with Crippen LogP contribution in [0.4, 0.5) is 0 Å². The van der Waals surface area contributed by atoms with Gasteiger partial charge in [-0.2, -0.15) is 0 Å². The zero-order chi connectivity index (χ0) is 15.4. The fourth-order valence-electron chi connectivity index (χ4n) is 3.09. The number of rotatable bonds is 2. The van der Waals surface area contributed by atoms with Crippen molar-refractivity contribution in [2.45, 2.75) is 51.1 Å². The Morgan fingerprint density at radius 1 is 1.33 bits per heavy atom. The molecule has 1 aliphatic carbocycles. The highest BCUT2D eigenvalue weighted by atomic mass is 16.4. The lowest BCUT2D eigenvalue weighted by molar-refractivity contribution is -0.141. The maximum atomic E-state index is 12.7. The lowest BCUT2D eigenvalue weighted by Gasteiger charge is -2.25. The zero-order valence-electron chi connectivity index (χ0n) is 12.5. The van der Waals surface area contributed by atoms with Crippen molar-refractivity contribution in [3.05, 3.63) is 29.6 Å². The van der Waals surface area contributed by atoms with Crippen LogP contribution in [0.3, 0.4) is 0 Å². The third-order valence-corrected chi connectivity index (χ3v) is 4.40. The summed E-state index contributed by atoms with van der Waals surface area (Å²) in [5.41, 5.74) is 1.23. The van der Waals surface area contributed by atoms with Crippen LogP contribution >= 0.6 is 0 Å². The van der Waals surface area contributed by atoms with Crippen LogP contribution in [0.1, 0.15) is 49.7 Å². The summed E-state index contributed by atoms with van der Waals surface area (Å²) in [5, 5.41) is 9.30. The van der Waals surface area contributed by atoms with Crippen LogP contribution < -0.4 is 0 Å². The monoisotopic (exact) mass is 288 g/mol. The van der Waals surface area contributed by atoms with Crippen molar-refractivity contribution >= 4 is 11.9 Å². The summed E-state index contributed by atoms with van der Waals surface area (Å²) in [6.07, 6.45) is 3.15. The quantitative estimate of drug-likeness (QED) is 0.904. The van der Waals surface area contributed by atoms with Crippen LogP contribution in [0.15, 0.2) is 18.3 Å². The molecule has 0 bridgehead atoms. The first-order valence-corrected chi connectivity index (χ1v) is 7.31. The van der Waals surface area contributed by atoms with Gasteiger partial charge >= 0.3 is 5.97 Å². The van der Waals surface area contributed by atoms with Gasteiger partial charge in [0.1, 0.15) is 6.04 Å². The smallest absolute Gasteiger partial charge is 0.326 e. The summed E-state index contributed by atoms with van der Waals surface area (Å²) in [5.74, 6) is -0.708. The van der Waals surface area contributed by atoms with Crippen LogP contribution in [-0.4, -0.2) is 39.0 Å². The number of aliphatic carboxylic acids is 1. The van der Waals surface area contributed by atoms with Crippen molar-refractivity contribution in [2.24, 2.45) is 5.92 Å². The highest BCUT2D eigenvalue weighted by molar-refractivity contribution is 5.97. The maximum Gasteiger partial charge on any atom is 0.326 e. The molecule has 2 aliphatic rings. The number of aromatic nitrogens is 1. The standard InChI is InChI=1S/C16H20N2O3/c1-16(2,3)13-8-9(4-5-17-13)14(19)18-11-6-10(11)7-12(18)15(20)21/h4-5,8,10-12H,6-7H2,1-3H3,(H,20,21)/t10-,11-,12-/m1/s1. The molecule has 0 spiro atoms. The number of pyridine rings is 1. The topological polar surface area (TPSA) is 70.5 Å². The largest absolute Gasteiger partial charge is 0.480 e. The van der Waals surface area contributed by atoms with E-state index in [0.29, 0.717) is 17.9 Å². The van der Waals surface area contributed by atoms with Gasteiger partial charge in [0.15, 0.2) is 0 Å². The first-order valence-electron chi connectivity index (χ1n) is 7.31. The van der Waals surface area contributed by atoms with Gasteiger partial charge < -0.3 is 10.0 Å². The number of hydrogen-bond donors (Lipinski definition) is 1. The Balaban J connectivity index is 1.90. The molecule has 2 heterocycles. The van der Waals surface area contributed by atoms with Gasteiger partial charge in [-0.15, -0.1) is 0 Å². The van der Waals surface area contributed by atoms with E-state index in [-0.39, 0.29) is 17.4 Å². The van der Waals surface area contributed by atoms with Crippen molar-refractivity contribution in [3.8, 4) is 0 Å². The Morgan fingerprint density at radius 2 is 2.05 bits per heavy atom. The lowest BCUT2D eigenvalue weighted by atomic mass is 9.90. The first-order chi connectivity index (χ1) is 9.79. The minimum absolute atomic E-state index is 0.116. The first kappa shape index (κ1) is 14.0. The number of fused-ring (bicyclic) bond motifs is 1. The van der Waals surface area contributed by atoms with Gasteiger partial charge in [-0.1, -0.05) is 20.8 Å². The normalized spacial score (nSPS) is 27.4. The summed E-state index contributed by atoms with van der Waals surface area (Å²) in [7, 11) is 0. The third-order valence-electron chi connectivity index (χ3n) is 4.40. The van der Waals surface area contributed by atoms with Gasteiger partial charge in [-0.25, -0.2) is 4.79 Å². The molecular formula is C16H20N2O3. The summed E-state index contributed by atoms with van der Waals surface area (Å²) < 4.78 is 0. The van der Waals surface area contributed by atoms with Crippen molar-refractivity contribution < 1.29 is 14.7 Å². The fourth-order valence-corrected chi connectivity index (χ4v) is 3.09. The van der Waals surface area contributed by atoms with E-state index in [0.717, 1.165) is 12.1 Å². The molecule has 1 aromatic heterocycles. The summed E-state index contributed by atoms with van der Waals surface area (Å²) in [4.78, 5) is 29.9. The Labute approximate surface area is 124 Å². The highest BCUT2D eigenvalue weighted by Gasteiger charge is 2.56. The zero-order valence-corrected chi connectivity index (χ0v) is 12.5. The maximum absolute atomic E-state index is 12.7. The van der Waals surface area contributed by atoms with E-state index >= 15 is 0 Å². The predicted molar refractivity (Wildman–Crippen MR) is 77.0 cm³/mol. The number of carboxylic acid groups (broad SMARTS) is 1. The van der Waals surface area contributed by atoms with E-state index < -0.39 is 12.0 Å². The molecule has 3 atom stereocenters. The predicted octanol–water partition coefficient (Wildman–Crippen LogP) is 2.07.